The van der Waals surface area contributed by atoms with Crippen LogP contribution in [-0.2, 0) is 37.0 Å². The van der Waals surface area contributed by atoms with Crippen LogP contribution in [-0.4, -0.2) is 60.8 Å². The van der Waals surface area contributed by atoms with E-state index < -0.39 is 6.29 Å². The lowest BCUT2D eigenvalue weighted by Crippen LogP contribution is -2.44. The number of carbonyl (C=O) groups excluding carboxylic acids is 2. The van der Waals surface area contributed by atoms with Crippen molar-refractivity contribution in [2.45, 2.75) is 76.6 Å². The third-order valence-electron chi connectivity index (χ3n) is 9.88. The minimum absolute atomic E-state index is 0.00845. The van der Waals surface area contributed by atoms with Crippen LogP contribution in [0.25, 0.3) is 11.1 Å². The van der Waals surface area contributed by atoms with Gasteiger partial charge in [-0.1, -0.05) is 85.6 Å². The molecule has 4 aromatic carbocycles. The number of hydrogen-bond donors (Lipinski definition) is 4. The third kappa shape index (κ3) is 11.5. The average Bonchev–Trinajstić information content (AvgIpc) is 3.20. The second-order valence-corrected chi connectivity index (χ2v) is 13.9. The molecule has 5 N–H and O–H groups in total. The highest BCUT2D eigenvalue weighted by molar-refractivity contribution is 5.93. The Labute approximate surface area is 312 Å². The summed E-state index contributed by atoms with van der Waals surface area (Å²) in [6.45, 7) is 4.52. The van der Waals surface area contributed by atoms with Gasteiger partial charge in [-0.25, -0.2) is 0 Å². The fraction of sp³-hybridized carbons (Fsp3) is 0.395. The van der Waals surface area contributed by atoms with Crippen LogP contribution in [0.15, 0.2) is 97.1 Å². The summed E-state index contributed by atoms with van der Waals surface area (Å²) in [4.78, 5) is 27.3. The smallest absolute Gasteiger partial charge is 0.224 e. The summed E-state index contributed by atoms with van der Waals surface area (Å²) >= 11 is 0. The Morgan fingerprint density at radius 1 is 0.755 bits per heavy atom. The second-order valence-electron chi connectivity index (χ2n) is 13.9. The molecule has 3 unspecified atom stereocenters. The molecule has 2 fully saturated rings. The standard InChI is InChI=1S/C43H52N4O6/c44-38-13-5-6-14-39(38)46-42(50)16-4-2-1-3-15-41(49)45-28-32-9-7-10-34(25-32)35-11-8-12-36(26-35)43-52-37(29-47-21-23-51-24-22-47)27-40(53-43)33-19-17-31(30-48)18-20-33/h5-14,17-20,25-26,37,40,43,48H,1-4,15-16,21-24,27-30,44H2,(H,45,49)(H,46,50). The molecule has 0 aromatic heterocycles. The van der Waals surface area contributed by atoms with E-state index in [2.05, 4.69) is 45.9 Å². The van der Waals surface area contributed by atoms with Crippen molar-refractivity contribution in [1.82, 2.24) is 10.2 Å². The first-order valence-electron chi connectivity index (χ1n) is 18.8. The van der Waals surface area contributed by atoms with Crippen LogP contribution in [0.5, 0.6) is 0 Å². The Balaban J connectivity index is 0.996. The number of amides is 2. The van der Waals surface area contributed by atoms with Crippen molar-refractivity contribution in [3.05, 3.63) is 119 Å². The summed E-state index contributed by atoms with van der Waals surface area (Å²) in [5.41, 5.74) is 13.1. The summed E-state index contributed by atoms with van der Waals surface area (Å²) in [6.07, 6.45) is 4.24. The maximum atomic E-state index is 12.6. The number of unbranched alkanes of at least 4 members (excludes halogenated alkanes) is 3. The van der Waals surface area contributed by atoms with Gasteiger partial charge in [-0.2, -0.15) is 0 Å². The van der Waals surface area contributed by atoms with Gasteiger partial charge in [-0.15, -0.1) is 0 Å². The highest BCUT2D eigenvalue weighted by Crippen LogP contribution is 2.39. The molecular formula is C43H52N4O6. The molecule has 2 saturated heterocycles. The van der Waals surface area contributed by atoms with E-state index in [9.17, 15) is 14.7 Å². The zero-order valence-corrected chi connectivity index (χ0v) is 30.4. The number of nitrogens with two attached hydrogens (primary N) is 1. The summed E-state index contributed by atoms with van der Waals surface area (Å²) in [5, 5.41) is 15.5. The first kappa shape index (κ1) is 38.2. The predicted molar refractivity (Wildman–Crippen MR) is 207 cm³/mol. The van der Waals surface area contributed by atoms with Crippen molar-refractivity contribution < 1.29 is 28.9 Å². The van der Waals surface area contributed by atoms with Crippen LogP contribution in [0.2, 0.25) is 0 Å². The number of aliphatic hydroxyl groups excluding tert-OH is 1. The number of benzene rings is 4. The summed E-state index contributed by atoms with van der Waals surface area (Å²) in [7, 11) is 0. The zero-order chi connectivity index (χ0) is 36.8. The molecule has 3 atom stereocenters. The van der Waals surface area contributed by atoms with E-state index in [4.69, 9.17) is 19.9 Å². The van der Waals surface area contributed by atoms with Gasteiger partial charge in [0.2, 0.25) is 11.8 Å². The molecule has 2 aliphatic heterocycles. The molecule has 10 nitrogen and oxygen atoms in total. The number of rotatable bonds is 16. The van der Waals surface area contributed by atoms with Gasteiger partial charge in [-0.05, 0) is 64.9 Å². The zero-order valence-electron chi connectivity index (χ0n) is 30.4. The molecule has 0 aliphatic carbocycles. The molecule has 2 heterocycles. The van der Waals surface area contributed by atoms with E-state index in [0.29, 0.717) is 30.8 Å². The lowest BCUT2D eigenvalue weighted by Gasteiger charge is -2.39. The average molecular weight is 721 g/mol. The predicted octanol–water partition coefficient (Wildman–Crippen LogP) is 6.90. The number of nitrogens with zero attached hydrogens (tertiary/aromatic N) is 1. The molecule has 0 spiro atoms. The summed E-state index contributed by atoms with van der Waals surface area (Å²) in [6, 6.07) is 31.8. The Hall–Kier alpha value is -4.58. The number of carbonyl (C=O) groups is 2. The van der Waals surface area contributed by atoms with E-state index >= 15 is 0 Å². The first-order valence-corrected chi connectivity index (χ1v) is 18.8. The van der Waals surface area contributed by atoms with E-state index in [1.54, 1.807) is 12.1 Å². The van der Waals surface area contributed by atoms with Crippen LogP contribution < -0.4 is 16.4 Å². The van der Waals surface area contributed by atoms with Gasteiger partial charge in [0.05, 0.1) is 43.4 Å². The Kier molecular flexibility index (Phi) is 14.0. The van der Waals surface area contributed by atoms with Crippen molar-refractivity contribution in [2.24, 2.45) is 0 Å². The van der Waals surface area contributed by atoms with Gasteiger partial charge in [-0.3, -0.25) is 14.5 Å². The van der Waals surface area contributed by atoms with Crippen molar-refractivity contribution in [3.8, 4) is 11.1 Å². The molecule has 6 rings (SSSR count). The monoisotopic (exact) mass is 720 g/mol. The maximum Gasteiger partial charge on any atom is 0.224 e. The fourth-order valence-electron chi connectivity index (χ4n) is 6.87. The van der Waals surface area contributed by atoms with Crippen molar-refractivity contribution in [2.75, 3.05) is 43.9 Å². The molecule has 2 aliphatic rings. The van der Waals surface area contributed by atoms with Gasteiger partial charge in [0.15, 0.2) is 6.29 Å². The van der Waals surface area contributed by atoms with Crippen molar-refractivity contribution >= 4 is 23.2 Å². The minimum Gasteiger partial charge on any atom is -0.397 e. The van der Waals surface area contributed by atoms with Gasteiger partial charge in [0.1, 0.15) is 0 Å². The Morgan fingerprint density at radius 2 is 1.47 bits per heavy atom. The SMILES string of the molecule is Nc1ccccc1NC(=O)CCCCCCC(=O)NCc1cccc(-c2cccc(C3OC(CN4CCOCC4)CC(c4ccc(CO)cc4)O3)c2)c1. The second kappa shape index (κ2) is 19.5. The molecule has 53 heavy (non-hydrogen) atoms. The Bertz CT molecular complexity index is 1780. The first-order chi connectivity index (χ1) is 25.9. The van der Waals surface area contributed by atoms with Gasteiger partial charge >= 0.3 is 0 Å². The molecule has 0 bridgehead atoms. The van der Waals surface area contributed by atoms with Gasteiger partial charge < -0.3 is 35.7 Å². The number of aliphatic hydroxyl groups is 1. The van der Waals surface area contributed by atoms with E-state index in [1.165, 1.54) is 0 Å². The van der Waals surface area contributed by atoms with Crippen molar-refractivity contribution in [3.63, 3.8) is 0 Å². The quantitative estimate of drug-likeness (QED) is 0.0726. The number of nitrogen functional groups attached to an aromatic ring is 1. The largest absolute Gasteiger partial charge is 0.397 e. The number of para-hydroxylation sites is 2. The summed E-state index contributed by atoms with van der Waals surface area (Å²) in [5.74, 6) is -0.0259. The highest BCUT2D eigenvalue weighted by atomic mass is 16.7. The molecule has 4 aromatic rings. The van der Waals surface area contributed by atoms with Crippen LogP contribution in [0.3, 0.4) is 0 Å². The van der Waals surface area contributed by atoms with E-state index in [1.807, 2.05) is 54.6 Å². The van der Waals surface area contributed by atoms with Crippen molar-refractivity contribution in [1.29, 1.82) is 0 Å². The number of hydrogen-bond acceptors (Lipinski definition) is 8. The van der Waals surface area contributed by atoms with E-state index in [-0.39, 0.29) is 30.6 Å². The number of ether oxygens (including phenoxy) is 3. The van der Waals surface area contributed by atoms with Crippen LogP contribution in [0.4, 0.5) is 11.4 Å². The molecule has 0 saturated carbocycles. The fourth-order valence-corrected chi connectivity index (χ4v) is 6.87. The lowest BCUT2D eigenvalue weighted by molar-refractivity contribution is -0.253. The highest BCUT2D eigenvalue weighted by Gasteiger charge is 2.33. The molecule has 0 radical (unpaired) electrons. The molecule has 10 heteroatoms. The molecular weight excluding hydrogens is 668 g/mol. The Morgan fingerprint density at radius 3 is 2.23 bits per heavy atom. The van der Waals surface area contributed by atoms with Crippen LogP contribution in [0.1, 0.15) is 79.6 Å². The number of anilines is 2. The maximum absolute atomic E-state index is 12.6. The number of nitrogens with one attached hydrogen (secondary N) is 2. The summed E-state index contributed by atoms with van der Waals surface area (Å²) < 4.78 is 18.8. The topological polar surface area (TPSA) is 135 Å². The van der Waals surface area contributed by atoms with Gasteiger partial charge in [0, 0.05) is 51.0 Å². The minimum atomic E-state index is -0.537. The normalized spacial score (nSPS) is 19.1. The third-order valence-corrected chi connectivity index (χ3v) is 9.88. The lowest BCUT2D eigenvalue weighted by atomic mass is 9.98. The van der Waals surface area contributed by atoms with Crippen LogP contribution >= 0.6 is 0 Å². The number of morpholine rings is 1. The van der Waals surface area contributed by atoms with Crippen LogP contribution in [0, 0.1) is 0 Å². The van der Waals surface area contributed by atoms with Gasteiger partial charge in [0.25, 0.3) is 0 Å². The van der Waals surface area contributed by atoms with E-state index in [0.717, 1.165) is 98.3 Å². The molecule has 2 amide bonds. The molecule has 280 valence electrons.